The molecule has 1 aliphatic heterocycles. The van der Waals surface area contributed by atoms with Gasteiger partial charge in [-0.3, -0.25) is 14.2 Å². The molecule has 2 atom stereocenters. The van der Waals surface area contributed by atoms with Gasteiger partial charge in [-0.15, -0.1) is 0 Å². The fourth-order valence-electron chi connectivity index (χ4n) is 3.05. The van der Waals surface area contributed by atoms with Crippen molar-refractivity contribution < 1.29 is 9.59 Å². The van der Waals surface area contributed by atoms with Gasteiger partial charge in [-0.1, -0.05) is 27.7 Å². The molecule has 138 valence electrons. The Hall–Kier alpha value is -1.80. The third-order valence-corrected chi connectivity index (χ3v) is 6.07. The maximum absolute atomic E-state index is 12.8. The standard InChI is InChI=1S/C18H21BrN4O2S/c1-12(17(25)22-9-2-3-13(11-22)16(20)24)26-18-21-8-10-23(18)15-6-4-14(19)5-7-15/h4-8,10,12-13H,2-3,9,11H2,1H3,(H2,20,24). The molecule has 2 heterocycles. The minimum Gasteiger partial charge on any atom is -0.369 e. The van der Waals surface area contributed by atoms with E-state index in [4.69, 9.17) is 5.73 Å². The van der Waals surface area contributed by atoms with Crippen LogP contribution in [0.15, 0.2) is 46.3 Å². The molecule has 1 aromatic heterocycles. The quantitative estimate of drug-likeness (QED) is 0.730. The summed E-state index contributed by atoms with van der Waals surface area (Å²) in [7, 11) is 0. The van der Waals surface area contributed by atoms with Crippen LogP contribution in [0.4, 0.5) is 0 Å². The van der Waals surface area contributed by atoms with Crippen LogP contribution >= 0.6 is 27.7 Å². The molecule has 8 heteroatoms. The van der Waals surface area contributed by atoms with Crippen molar-refractivity contribution in [1.82, 2.24) is 14.5 Å². The van der Waals surface area contributed by atoms with Gasteiger partial charge in [0.15, 0.2) is 5.16 Å². The second kappa shape index (κ2) is 8.26. The minimum atomic E-state index is -0.325. The molecule has 0 saturated carbocycles. The van der Waals surface area contributed by atoms with E-state index in [-0.39, 0.29) is 23.0 Å². The summed E-state index contributed by atoms with van der Waals surface area (Å²) in [6, 6.07) is 7.92. The molecule has 2 aromatic rings. The average Bonchev–Trinajstić information content (AvgIpc) is 3.09. The monoisotopic (exact) mass is 436 g/mol. The number of amides is 2. The van der Waals surface area contributed by atoms with Gasteiger partial charge in [-0.2, -0.15) is 0 Å². The van der Waals surface area contributed by atoms with E-state index < -0.39 is 0 Å². The maximum Gasteiger partial charge on any atom is 0.235 e. The largest absolute Gasteiger partial charge is 0.369 e. The lowest BCUT2D eigenvalue weighted by molar-refractivity contribution is -0.134. The van der Waals surface area contributed by atoms with E-state index in [0.717, 1.165) is 28.2 Å². The third-order valence-electron chi connectivity index (χ3n) is 4.48. The fourth-order valence-corrected chi connectivity index (χ4v) is 4.28. The zero-order valence-corrected chi connectivity index (χ0v) is 16.9. The molecule has 0 spiro atoms. The van der Waals surface area contributed by atoms with Crippen LogP contribution in [0.1, 0.15) is 19.8 Å². The predicted octanol–water partition coefficient (Wildman–Crippen LogP) is 2.84. The first-order valence-electron chi connectivity index (χ1n) is 8.49. The predicted molar refractivity (Wildman–Crippen MR) is 105 cm³/mol. The van der Waals surface area contributed by atoms with Gasteiger partial charge in [-0.25, -0.2) is 4.98 Å². The van der Waals surface area contributed by atoms with Crippen molar-refractivity contribution in [2.24, 2.45) is 11.7 Å². The Morgan fingerprint density at radius 1 is 1.35 bits per heavy atom. The van der Waals surface area contributed by atoms with Crippen molar-refractivity contribution in [2.45, 2.75) is 30.2 Å². The van der Waals surface area contributed by atoms with Crippen molar-refractivity contribution in [3.8, 4) is 5.69 Å². The lowest BCUT2D eigenvalue weighted by atomic mass is 9.97. The van der Waals surface area contributed by atoms with Crippen molar-refractivity contribution in [1.29, 1.82) is 0 Å². The van der Waals surface area contributed by atoms with Crippen LogP contribution in [0.3, 0.4) is 0 Å². The summed E-state index contributed by atoms with van der Waals surface area (Å²) in [6.45, 7) is 2.97. The van der Waals surface area contributed by atoms with Crippen molar-refractivity contribution in [2.75, 3.05) is 13.1 Å². The second-order valence-electron chi connectivity index (χ2n) is 6.34. The number of halogens is 1. The first kappa shape index (κ1) is 19.0. The number of benzene rings is 1. The SMILES string of the molecule is CC(Sc1nccn1-c1ccc(Br)cc1)C(=O)N1CCCC(C(N)=O)C1. The summed E-state index contributed by atoms with van der Waals surface area (Å²) in [5.74, 6) is -0.547. The summed E-state index contributed by atoms with van der Waals surface area (Å²) in [5, 5.41) is 0.467. The first-order chi connectivity index (χ1) is 12.5. The maximum atomic E-state index is 12.8. The van der Waals surface area contributed by atoms with Crippen LogP contribution in [-0.4, -0.2) is 44.6 Å². The smallest absolute Gasteiger partial charge is 0.235 e. The lowest BCUT2D eigenvalue weighted by Gasteiger charge is -2.32. The van der Waals surface area contributed by atoms with Gasteiger partial charge >= 0.3 is 0 Å². The molecule has 0 bridgehead atoms. The first-order valence-corrected chi connectivity index (χ1v) is 10.2. The Kier molecular flexibility index (Phi) is 6.03. The van der Waals surface area contributed by atoms with Crippen molar-refractivity contribution in [3.05, 3.63) is 41.1 Å². The zero-order valence-electron chi connectivity index (χ0n) is 14.5. The van der Waals surface area contributed by atoms with Crippen LogP contribution in [0.2, 0.25) is 0 Å². The number of nitrogens with two attached hydrogens (primary N) is 1. The molecule has 1 aliphatic rings. The second-order valence-corrected chi connectivity index (χ2v) is 8.57. The molecule has 3 rings (SSSR count). The summed E-state index contributed by atoms with van der Waals surface area (Å²) >= 11 is 4.85. The number of piperidine rings is 1. The van der Waals surface area contributed by atoms with E-state index in [1.807, 2.05) is 42.0 Å². The van der Waals surface area contributed by atoms with Crippen LogP contribution < -0.4 is 5.73 Å². The lowest BCUT2D eigenvalue weighted by Crippen LogP contribution is -2.46. The van der Waals surface area contributed by atoms with Crippen molar-refractivity contribution >= 4 is 39.5 Å². The van der Waals surface area contributed by atoms with E-state index in [2.05, 4.69) is 20.9 Å². The number of likely N-dealkylation sites (tertiary alicyclic amines) is 1. The summed E-state index contributed by atoms with van der Waals surface area (Å²) in [6.07, 6.45) is 5.18. The Labute approximate surface area is 165 Å². The molecule has 2 unspecified atom stereocenters. The molecular formula is C18H21BrN4O2S. The number of carbonyl (C=O) groups excluding carboxylic acids is 2. The number of thioether (sulfide) groups is 1. The summed E-state index contributed by atoms with van der Waals surface area (Å²) in [5.41, 5.74) is 6.40. The zero-order chi connectivity index (χ0) is 18.7. The number of hydrogen-bond acceptors (Lipinski definition) is 4. The highest BCUT2D eigenvalue weighted by atomic mass is 79.9. The van der Waals surface area contributed by atoms with Crippen LogP contribution in [-0.2, 0) is 9.59 Å². The number of aromatic nitrogens is 2. The summed E-state index contributed by atoms with van der Waals surface area (Å²) < 4.78 is 2.97. The molecular weight excluding hydrogens is 416 g/mol. The molecule has 6 nitrogen and oxygen atoms in total. The van der Waals surface area contributed by atoms with E-state index >= 15 is 0 Å². The summed E-state index contributed by atoms with van der Waals surface area (Å²) in [4.78, 5) is 30.4. The molecule has 2 N–H and O–H groups in total. The minimum absolute atomic E-state index is 0.0197. The number of rotatable bonds is 5. The Morgan fingerprint density at radius 3 is 2.77 bits per heavy atom. The van der Waals surface area contributed by atoms with Gasteiger partial charge in [0.1, 0.15) is 0 Å². The molecule has 2 amide bonds. The molecule has 1 saturated heterocycles. The number of nitrogens with zero attached hydrogens (tertiary/aromatic N) is 3. The van der Waals surface area contributed by atoms with E-state index in [1.165, 1.54) is 11.8 Å². The topological polar surface area (TPSA) is 81.2 Å². The van der Waals surface area contributed by atoms with Gasteiger partial charge in [0.05, 0.1) is 11.2 Å². The van der Waals surface area contributed by atoms with Gasteiger partial charge in [0.2, 0.25) is 11.8 Å². The van der Waals surface area contributed by atoms with Gasteiger partial charge in [0, 0.05) is 35.6 Å². The molecule has 0 radical (unpaired) electrons. The van der Waals surface area contributed by atoms with Crippen LogP contribution in [0, 0.1) is 5.92 Å². The molecule has 26 heavy (non-hydrogen) atoms. The highest BCUT2D eigenvalue weighted by Crippen LogP contribution is 2.27. The van der Waals surface area contributed by atoms with Crippen molar-refractivity contribution in [3.63, 3.8) is 0 Å². The van der Waals surface area contributed by atoms with E-state index in [1.54, 1.807) is 11.1 Å². The normalized spacial score (nSPS) is 18.5. The van der Waals surface area contributed by atoms with Gasteiger partial charge < -0.3 is 10.6 Å². The molecule has 0 aliphatic carbocycles. The number of imidazole rings is 1. The van der Waals surface area contributed by atoms with Crippen LogP contribution in [0.25, 0.3) is 5.69 Å². The Bertz CT molecular complexity index is 793. The van der Waals surface area contributed by atoms with Gasteiger partial charge in [-0.05, 0) is 44.0 Å². The van der Waals surface area contributed by atoms with Crippen LogP contribution in [0.5, 0.6) is 0 Å². The highest BCUT2D eigenvalue weighted by molar-refractivity contribution is 9.10. The number of carbonyl (C=O) groups is 2. The molecule has 1 fully saturated rings. The third kappa shape index (κ3) is 4.29. The van der Waals surface area contributed by atoms with E-state index in [9.17, 15) is 9.59 Å². The molecule has 1 aromatic carbocycles. The van der Waals surface area contributed by atoms with E-state index in [0.29, 0.717) is 13.1 Å². The highest BCUT2D eigenvalue weighted by Gasteiger charge is 2.30. The number of hydrogen-bond donors (Lipinski definition) is 1. The Morgan fingerprint density at radius 2 is 2.08 bits per heavy atom. The average molecular weight is 437 g/mol. The number of primary amides is 1. The fraction of sp³-hybridized carbons (Fsp3) is 0.389. The van der Waals surface area contributed by atoms with Gasteiger partial charge in [0.25, 0.3) is 0 Å². The Balaban J connectivity index is 1.69.